The minimum Gasteiger partial charge on any atom is -0.481 e. The van der Waals surface area contributed by atoms with Gasteiger partial charge in [0.25, 0.3) is 6.43 Å². The van der Waals surface area contributed by atoms with Crippen molar-refractivity contribution < 1.29 is 18.7 Å². The Hall–Kier alpha value is -1.60. The van der Waals surface area contributed by atoms with Crippen LogP contribution in [0.1, 0.15) is 44.9 Å². The molecule has 0 bridgehead atoms. The Balaban J connectivity index is 2.22. The van der Waals surface area contributed by atoms with E-state index >= 15 is 0 Å². The van der Waals surface area contributed by atoms with Gasteiger partial charge in [0.15, 0.2) is 0 Å². The summed E-state index contributed by atoms with van der Waals surface area (Å²) in [5.74, 6) is -1.06. The fraction of sp³-hybridized carbons (Fsp3) is 0.818. The van der Waals surface area contributed by atoms with Crippen molar-refractivity contribution in [3.63, 3.8) is 0 Å². The number of aromatic nitrogens is 4. The van der Waals surface area contributed by atoms with Gasteiger partial charge in [0.2, 0.25) is 5.82 Å². The third kappa shape index (κ3) is 2.71. The molecule has 0 amide bonds. The maximum absolute atomic E-state index is 12.7. The number of halogens is 2. The zero-order valence-corrected chi connectivity index (χ0v) is 10.6. The van der Waals surface area contributed by atoms with Gasteiger partial charge in [0.1, 0.15) is 0 Å². The average molecular weight is 274 g/mol. The lowest BCUT2D eigenvalue weighted by Crippen LogP contribution is -2.39. The number of hydrogen-bond acceptors (Lipinski definition) is 4. The lowest BCUT2D eigenvalue weighted by Gasteiger charge is -2.35. The standard InChI is InChI=1S/C11H16F2N4O2/c1-7-2-4-11(5-3-7,10(18)19)6-17-9(8(12)13)14-15-16-17/h7-8H,2-6H2,1H3,(H,18,19). The molecule has 0 radical (unpaired) electrons. The SMILES string of the molecule is CC1CCC(Cn2nnnc2C(F)F)(C(=O)O)CC1. The maximum Gasteiger partial charge on any atom is 0.311 e. The summed E-state index contributed by atoms with van der Waals surface area (Å²) < 4.78 is 26.3. The lowest BCUT2D eigenvalue weighted by molar-refractivity contribution is -0.153. The summed E-state index contributed by atoms with van der Waals surface area (Å²) in [5, 5.41) is 19.4. The number of carbonyl (C=O) groups is 1. The first-order chi connectivity index (χ1) is 8.94. The topological polar surface area (TPSA) is 80.9 Å². The molecule has 1 fully saturated rings. The minimum absolute atomic E-state index is 0.0955. The molecular formula is C11H16F2N4O2. The summed E-state index contributed by atoms with van der Waals surface area (Å²) in [6.07, 6.45) is -0.321. The summed E-state index contributed by atoms with van der Waals surface area (Å²) in [7, 11) is 0. The highest BCUT2D eigenvalue weighted by atomic mass is 19.3. The normalized spacial score (nSPS) is 27.7. The van der Waals surface area contributed by atoms with Crippen LogP contribution in [0.4, 0.5) is 8.78 Å². The smallest absolute Gasteiger partial charge is 0.311 e. The summed E-state index contributed by atoms with van der Waals surface area (Å²) in [5.41, 5.74) is -1.04. The molecule has 1 aromatic heterocycles. The van der Waals surface area contributed by atoms with Crippen LogP contribution in [0.3, 0.4) is 0 Å². The van der Waals surface area contributed by atoms with Gasteiger partial charge in [-0.2, -0.15) is 0 Å². The summed E-state index contributed by atoms with van der Waals surface area (Å²) in [4.78, 5) is 11.5. The molecule has 19 heavy (non-hydrogen) atoms. The average Bonchev–Trinajstić information content (AvgIpc) is 2.80. The van der Waals surface area contributed by atoms with Crippen molar-refractivity contribution in [2.24, 2.45) is 11.3 Å². The molecule has 1 saturated carbocycles. The zero-order chi connectivity index (χ0) is 14.0. The van der Waals surface area contributed by atoms with Gasteiger partial charge in [-0.1, -0.05) is 6.92 Å². The molecule has 2 rings (SSSR count). The van der Waals surface area contributed by atoms with Gasteiger partial charge in [-0.15, -0.1) is 5.10 Å². The molecule has 0 saturated heterocycles. The first-order valence-corrected chi connectivity index (χ1v) is 6.22. The Morgan fingerprint density at radius 1 is 1.53 bits per heavy atom. The van der Waals surface area contributed by atoms with Gasteiger partial charge in [-0.05, 0) is 42.0 Å². The highest BCUT2D eigenvalue weighted by Gasteiger charge is 2.42. The third-order valence-electron chi connectivity index (χ3n) is 3.89. The van der Waals surface area contributed by atoms with E-state index in [1.807, 2.05) is 0 Å². The van der Waals surface area contributed by atoms with Crippen LogP contribution < -0.4 is 0 Å². The molecular weight excluding hydrogens is 258 g/mol. The van der Waals surface area contributed by atoms with Gasteiger partial charge < -0.3 is 5.11 Å². The second-order valence-electron chi connectivity index (χ2n) is 5.26. The van der Waals surface area contributed by atoms with Gasteiger partial charge in [0, 0.05) is 0 Å². The van der Waals surface area contributed by atoms with Crippen molar-refractivity contribution in [1.82, 2.24) is 20.2 Å². The van der Waals surface area contributed by atoms with E-state index in [4.69, 9.17) is 0 Å². The van der Waals surface area contributed by atoms with Crippen molar-refractivity contribution in [2.75, 3.05) is 0 Å². The second kappa shape index (κ2) is 5.18. The molecule has 8 heteroatoms. The van der Waals surface area contributed by atoms with E-state index in [2.05, 4.69) is 22.4 Å². The lowest BCUT2D eigenvalue weighted by atomic mass is 9.71. The first kappa shape index (κ1) is 13.8. The largest absolute Gasteiger partial charge is 0.481 e. The van der Waals surface area contributed by atoms with Gasteiger partial charge >= 0.3 is 5.97 Å². The van der Waals surface area contributed by atoms with Gasteiger partial charge in [0.05, 0.1) is 12.0 Å². The van der Waals surface area contributed by atoms with Gasteiger partial charge in [-0.25, -0.2) is 13.5 Å². The second-order valence-corrected chi connectivity index (χ2v) is 5.26. The van der Waals surface area contributed by atoms with Crippen LogP contribution in [0.25, 0.3) is 0 Å². The highest BCUT2D eigenvalue weighted by molar-refractivity contribution is 5.74. The molecule has 1 aromatic rings. The number of hydrogen-bond donors (Lipinski definition) is 1. The molecule has 1 aliphatic carbocycles. The minimum atomic E-state index is -2.80. The predicted molar refractivity (Wildman–Crippen MR) is 60.5 cm³/mol. The van der Waals surface area contributed by atoms with Crippen LogP contribution in [0.5, 0.6) is 0 Å². The monoisotopic (exact) mass is 274 g/mol. The van der Waals surface area contributed by atoms with E-state index < -0.39 is 23.6 Å². The van der Waals surface area contributed by atoms with Crippen LogP contribution in [0, 0.1) is 11.3 Å². The Morgan fingerprint density at radius 3 is 2.68 bits per heavy atom. The maximum atomic E-state index is 12.7. The van der Waals surface area contributed by atoms with E-state index in [9.17, 15) is 18.7 Å². The Morgan fingerprint density at radius 2 is 2.16 bits per heavy atom. The number of carboxylic acid groups (broad SMARTS) is 1. The van der Waals surface area contributed by atoms with E-state index in [-0.39, 0.29) is 6.54 Å². The number of aliphatic carboxylic acids is 1. The van der Waals surface area contributed by atoms with E-state index in [1.54, 1.807) is 0 Å². The van der Waals surface area contributed by atoms with Crippen LogP contribution in [-0.2, 0) is 11.3 Å². The molecule has 0 aliphatic heterocycles. The Labute approximate surface area is 108 Å². The number of tetrazole rings is 1. The quantitative estimate of drug-likeness (QED) is 0.906. The van der Waals surface area contributed by atoms with Crippen LogP contribution in [-0.4, -0.2) is 31.3 Å². The van der Waals surface area contributed by atoms with Crippen molar-refractivity contribution in [1.29, 1.82) is 0 Å². The number of alkyl halides is 2. The van der Waals surface area contributed by atoms with Crippen molar-refractivity contribution in [3.05, 3.63) is 5.82 Å². The van der Waals surface area contributed by atoms with Gasteiger partial charge in [-0.3, -0.25) is 4.79 Å². The molecule has 0 spiro atoms. The molecule has 6 nitrogen and oxygen atoms in total. The number of rotatable bonds is 4. The molecule has 106 valence electrons. The van der Waals surface area contributed by atoms with Crippen LogP contribution >= 0.6 is 0 Å². The fourth-order valence-electron chi connectivity index (χ4n) is 2.52. The summed E-state index contributed by atoms with van der Waals surface area (Å²) in [6.45, 7) is 1.97. The van der Waals surface area contributed by atoms with E-state index in [0.717, 1.165) is 17.5 Å². The van der Waals surface area contributed by atoms with E-state index in [0.29, 0.717) is 18.8 Å². The molecule has 0 aromatic carbocycles. The fourth-order valence-corrected chi connectivity index (χ4v) is 2.52. The zero-order valence-electron chi connectivity index (χ0n) is 10.6. The third-order valence-corrected chi connectivity index (χ3v) is 3.89. The van der Waals surface area contributed by atoms with E-state index in [1.165, 1.54) is 0 Å². The van der Waals surface area contributed by atoms with Crippen molar-refractivity contribution in [2.45, 2.75) is 45.6 Å². The summed E-state index contributed by atoms with van der Waals surface area (Å²) in [6, 6.07) is 0. The number of nitrogens with zero attached hydrogens (tertiary/aromatic N) is 4. The predicted octanol–water partition coefficient (Wildman–Crippen LogP) is 1.89. The van der Waals surface area contributed by atoms with Crippen molar-refractivity contribution >= 4 is 5.97 Å². The Bertz CT molecular complexity index is 455. The molecule has 1 heterocycles. The molecule has 1 N–H and O–H groups in total. The molecule has 0 unspecified atom stereocenters. The van der Waals surface area contributed by atoms with Crippen LogP contribution in [0.2, 0.25) is 0 Å². The Kier molecular flexibility index (Phi) is 3.77. The molecule has 0 atom stereocenters. The molecule has 1 aliphatic rings. The number of carboxylic acids is 1. The van der Waals surface area contributed by atoms with Crippen LogP contribution in [0.15, 0.2) is 0 Å². The highest BCUT2D eigenvalue weighted by Crippen LogP contribution is 2.40. The summed E-state index contributed by atoms with van der Waals surface area (Å²) >= 11 is 0. The van der Waals surface area contributed by atoms with Crippen molar-refractivity contribution in [3.8, 4) is 0 Å². The first-order valence-electron chi connectivity index (χ1n) is 6.22.